The van der Waals surface area contributed by atoms with Gasteiger partial charge in [0, 0.05) is 17.5 Å². The summed E-state index contributed by atoms with van der Waals surface area (Å²) < 4.78 is 5.36. The van der Waals surface area contributed by atoms with Gasteiger partial charge < -0.3 is 14.9 Å². The molecule has 268 valence electrons. The highest BCUT2D eigenvalue weighted by Gasteiger charge is 2.69. The summed E-state index contributed by atoms with van der Waals surface area (Å²) in [5.41, 5.74) is 2.10. The van der Waals surface area contributed by atoms with Gasteiger partial charge in [0.2, 0.25) is 23.6 Å². The van der Waals surface area contributed by atoms with Gasteiger partial charge in [-0.15, -0.1) is 0 Å². The number of methoxy groups -OCH3 is 1. The van der Waals surface area contributed by atoms with Crippen LogP contribution in [-0.2, 0) is 31.0 Å². The topological polar surface area (TPSA) is 124 Å². The van der Waals surface area contributed by atoms with Crippen LogP contribution in [0.3, 0.4) is 0 Å². The van der Waals surface area contributed by atoms with E-state index in [9.17, 15) is 24.6 Å². The molecule has 4 amide bonds. The van der Waals surface area contributed by atoms with Crippen LogP contribution in [0.25, 0.3) is 6.08 Å². The van der Waals surface area contributed by atoms with E-state index in [0.29, 0.717) is 34.7 Å². The fourth-order valence-corrected chi connectivity index (χ4v) is 9.37. The van der Waals surface area contributed by atoms with E-state index in [0.717, 1.165) is 11.1 Å². The van der Waals surface area contributed by atoms with E-state index >= 15 is 4.79 Å². The highest BCUT2D eigenvalue weighted by Crippen LogP contribution is 2.62. The Labute approximate surface area is 311 Å². The number of fused-ring (bicyclic) bond motifs is 4. The zero-order valence-electron chi connectivity index (χ0n) is 28.9. The first-order valence-corrected chi connectivity index (χ1v) is 18.1. The molecule has 2 N–H and O–H groups in total. The molecule has 53 heavy (non-hydrogen) atoms. The molecule has 3 fully saturated rings. The van der Waals surface area contributed by atoms with Gasteiger partial charge in [-0.05, 0) is 84.3 Å². The predicted octanol–water partition coefficient (Wildman–Crippen LogP) is 6.71. The van der Waals surface area contributed by atoms with Crippen molar-refractivity contribution >= 4 is 47.0 Å². The molecule has 9 nitrogen and oxygen atoms in total. The van der Waals surface area contributed by atoms with Crippen LogP contribution in [0.4, 0.5) is 5.69 Å². The minimum Gasteiger partial charge on any atom is -0.508 e. The fourth-order valence-electron chi connectivity index (χ4n) is 9.18. The number of imide groups is 2. The van der Waals surface area contributed by atoms with Crippen molar-refractivity contribution in [3.63, 3.8) is 0 Å². The van der Waals surface area contributed by atoms with Gasteiger partial charge in [0.05, 0.1) is 36.0 Å². The number of benzene rings is 4. The Bertz CT molecular complexity index is 2200. The lowest BCUT2D eigenvalue weighted by atomic mass is 9.50. The quantitative estimate of drug-likeness (QED) is 0.153. The van der Waals surface area contributed by atoms with Gasteiger partial charge in [-0.25, -0.2) is 4.90 Å². The summed E-state index contributed by atoms with van der Waals surface area (Å²) in [6.45, 7) is 0.195. The fraction of sp³-hybridized carbons (Fsp3) is 0.256. The number of likely N-dealkylation sites (tertiary alicyclic amines) is 1. The summed E-state index contributed by atoms with van der Waals surface area (Å²) in [7, 11) is 1.47. The number of anilines is 1. The van der Waals surface area contributed by atoms with Crippen LogP contribution in [-0.4, -0.2) is 52.4 Å². The molecule has 4 aliphatic rings. The molecule has 2 aliphatic heterocycles. The number of carbonyl (C=O) groups is 4. The molecule has 4 aromatic carbocycles. The number of aromatic hydroxyl groups is 2. The van der Waals surface area contributed by atoms with Gasteiger partial charge in [-0.3, -0.25) is 24.1 Å². The highest BCUT2D eigenvalue weighted by molar-refractivity contribution is 6.32. The molecule has 0 unspecified atom stereocenters. The molecule has 2 heterocycles. The number of hydrogen-bond donors (Lipinski definition) is 2. The molecular weight excluding hydrogens is 692 g/mol. The lowest BCUT2D eigenvalue weighted by Gasteiger charge is -2.49. The molecule has 8 rings (SSSR count). The van der Waals surface area contributed by atoms with Crippen LogP contribution in [0.2, 0.25) is 5.02 Å². The van der Waals surface area contributed by atoms with Crippen molar-refractivity contribution in [2.45, 2.75) is 24.7 Å². The number of phenols is 2. The van der Waals surface area contributed by atoms with Crippen LogP contribution in [0.15, 0.2) is 115 Å². The molecular formula is C43H37ClN2O7. The van der Waals surface area contributed by atoms with Gasteiger partial charge in [0.1, 0.15) is 5.75 Å². The van der Waals surface area contributed by atoms with Gasteiger partial charge >= 0.3 is 0 Å². The van der Waals surface area contributed by atoms with E-state index in [1.54, 1.807) is 60.7 Å². The normalized spacial score (nSPS) is 26.5. The Morgan fingerprint density at radius 3 is 2.38 bits per heavy atom. The van der Waals surface area contributed by atoms with Gasteiger partial charge in [-0.2, -0.15) is 0 Å². The number of nitrogens with zero attached hydrogens (tertiary/aromatic N) is 2. The van der Waals surface area contributed by atoms with Crippen LogP contribution >= 0.6 is 11.6 Å². The van der Waals surface area contributed by atoms with E-state index in [2.05, 4.69) is 0 Å². The number of carbonyl (C=O) groups excluding carboxylic acids is 4. The zero-order valence-corrected chi connectivity index (χ0v) is 29.6. The maximum atomic E-state index is 15.3. The number of phenolic OH excluding ortho intramolecular Hbond substituents is 2. The van der Waals surface area contributed by atoms with Gasteiger partial charge in [0.25, 0.3) is 0 Å². The summed E-state index contributed by atoms with van der Waals surface area (Å²) in [5.74, 6) is -4.16. The van der Waals surface area contributed by atoms with E-state index in [1.165, 1.54) is 23.0 Å². The molecule has 0 spiro atoms. The zero-order chi connectivity index (χ0) is 37.0. The lowest BCUT2D eigenvalue weighted by molar-refractivity contribution is -0.140. The molecule has 1 saturated carbocycles. The SMILES string of the molecule is COc1cc(C=C[C@H]2C3=CC[C@@H]4C(=O)N(CCc5ccc(O)cc5)C(=O)[C@@H]4[C@@H]3C[C@H]3C(=O)N(c4cccc(Cl)c4)C(=O)[C@@]23c2ccccc2)ccc1O. The van der Waals surface area contributed by atoms with Crippen molar-refractivity contribution in [2.75, 3.05) is 18.6 Å². The van der Waals surface area contributed by atoms with Crippen molar-refractivity contribution in [2.24, 2.45) is 29.6 Å². The number of allylic oxidation sites excluding steroid dienone is 3. The van der Waals surface area contributed by atoms with Crippen LogP contribution in [0.5, 0.6) is 17.2 Å². The van der Waals surface area contributed by atoms with E-state index < -0.39 is 35.0 Å². The number of amides is 4. The molecule has 0 aromatic heterocycles. The molecule has 2 saturated heterocycles. The Balaban J connectivity index is 1.25. The largest absolute Gasteiger partial charge is 0.508 e. The van der Waals surface area contributed by atoms with E-state index in [4.69, 9.17) is 16.3 Å². The maximum absolute atomic E-state index is 15.3. The molecule has 0 radical (unpaired) electrons. The Kier molecular flexibility index (Phi) is 8.69. The van der Waals surface area contributed by atoms with Gasteiger partial charge in [-0.1, -0.05) is 90.0 Å². The summed E-state index contributed by atoms with van der Waals surface area (Å²) in [6, 6.07) is 27.7. The Morgan fingerprint density at radius 1 is 0.868 bits per heavy atom. The van der Waals surface area contributed by atoms with Gasteiger partial charge in [0.15, 0.2) is 11.5 Å². The summed E-state index contributed by atoms with van der Waals surface area (Å²) in [5, 5.41) is 20.4. The third-order valence-corrected chi connectivity index (χ3v) is 11.8. The Hall–Kier alpha value is -5.67. The standard InChI is InChI=1S/C43H37ClN2O7/c1-53-37-22-26(13-19-36(37)48)12-18-34-31-16-17-32-38(41(51)45(39(32)49)21-20-25-10-14-30(47)15-11-25)33(31)24-35-40(50)46(29-9-5-8-28(44)23-29)42(52)43(34,35)27-6-3-2-4-7-27/h2-16,18-19,22-23,32-35,38,47-48H,17,20-21,24H2,1H3/t32-,33+,34-,35-,38-,43-/m0/s1. The first-order valence-electron chi connectivity index (χ1n) is 17.7. The minimum atomic E-state index is -1.38. The first-order chi connectivity index (χ1) is 25.6. The third-order valence-electron chi connectivity index (χ3n) is 11.6. The summed E-state index contributed by atoms with van der Waals surface area (Å²) in [4.78, 5) is 61.0. The Morgan fingerprint density at radius 2 is 1.64 bits per heavy atom. The number of ether oxygens (including phenoxy) is 1. The van der Waals surface area contributed by atoms with Crippen molar-refractivity contribution in [1.82, 2.24) is 4.90 Å². The molecule has 2 aliphatic carbocycles. The van der Waals surface area contributed by atoms with Crippen molar-refractivity contribution in [1.29, 1.82) is 0 Å². The summed E-state index contributed by atoms with van der Waals surface area (Å²) in [6.07, 6.45) is 6.77. The first kappa shape index (κ1) is 34.4. The minimum absolute atomic E-state index is 0.0164. The molecule has 4 aromatic rings. The number of hydrogen-bond acceptors (Lipinski definition) is 7. The lowest BCUT2D eigenvalue weighted by Crippen LogP contribution is -2.54. The van der Waals surface area contributed by atoms with Crippen LogP contribution in [0, 0.1) is 29.6 Å². The smallest absolute Gasteiger partial charge is 0.246 e. The molecule has 10 heteroatoms. The van der Waals surface area contributed by atoms with Crippen molar-refractivity contribution < 1.29 is 34.1 Å². The molecule has 0 bridgehead atoms. The third kappa shape index (κ3) is 5.53. The maximum Gasteiger partial charge on any atom is 0.246 e. The molecule has 6 atom stereocenters. The van der Waals surface area contributed by atoms with E-state index in [1.807, 2.05) is 48.6 Å². The summed E-state index contributed by atoms with van der Waals surface area (Å²) >= 11 is 6.40. The highest BCUT2D eigenvalue weighted by atomic mass is 35.5. The van der Waals surface area contributed by atoms with Crippen LogP contribution in [0.1, 0.15) is 29.5 Å². The van der Waals surface area contributed by atoms with Crippen LogP contribution < -0.4 is 9.64 Å². The van der Waals surface area contributed by atoms with E-state index in [-0.39, 0.29) is 53.8 Å². The number of rotatable bonds is 8. The monoisotopic (exact) mass is 728 g/mol. The second-order valence-corrected chi connectivity index (χ2v) is 14.6. The average Bonchev–Trinajstić information content (AvgIpc) is 3.55. The second-order valence-electron chi connectivity index (χ2n) is 14.2. The number of halogens is 1. The average molecular weight is 729 g/mol. The second kappa shape index (κ2) is 13.4. The predicted molar refractivity (Wildman–Crippen MR) is 199 cm³/mol. The van der Waals surface area contributed by atoms with Crippen molar-refractivity contribution in [3.8, 4) is 17.2 Å². The van der Waals surface area contributed by atoms with Crippen molar-refractivity contribution in [3.05, 3.63) is 137 Å².